The average Bonchev–Trinajstić information content (AvgIpc) is 3.03. The standard InChI is InChI=1S/C18H13N5/c19-23-21-10-12-9-18(22-17-8-4-1-5-13(12)17)15-11-20-16-7-3-2-6-14(15)16/h1-9,11,20H,10H2. The van der Waals surface area contributed by atoms with E-state index in [4.69, 9.17) is 10.5 Å². The third kappa shape index (κ3) is 2.29. The van der Waals surface area contributed by atoms with E-state index in [1.165, 1.54) is 0 Å². The lowest BCUT2D eigenvalue weighted by Gasteiger charge is -2.07. The predicted octanol–water partition coefficient (Wildman–Crippen LogP) is 5.19. The number of nitrogens with one attached hydrogen (secondary N) is 1. The zero-order chi connectivity index (χ0) is 15.6. The molecule has 1 N–H and O–H groups in total. The number of hydrogen-bond donors (Lipinski definition) is 1. The van der Waals surface area contributed by atoms with Crippen molar-refractivity contribution >= 4 is 21.8 Å². The van der Waals surface area contributed by atoms with Crippen molar-refractivity contribution in [3.05, 3.63) is 76.8 Å². The van der Waals surface area contributed by atoms with Gasteiger partial charge in [0.05, 0.1) is 17.8 Å². The van der Waals surface area contributed by atoms with Gasteiger partial charge in [0.25, 0.3) is 0 Å². The number of fused-ring (bicyclic) bond motifs is 2. The highest BCUT2D eigenvalue weighted by atomic mass is 15.1. The summed E-state index contributed by atoms with van der Waals surface area (Å²) in [4.78, 5) is 10.9. The number of aromatic nitrogens is 2. The fourth-order valence-corrected chi connectivity index (χ4v) is 2.91. The third-order valence-corrected chi connectivity index (χ3v) is 3.97. The van der Waals surface area contributed by atoms with Crippen molar-refractivity contribution in [3.8, 4) is 11.3 Å². The first kappa shape index (κ1) is 13.4. The quantitative estimate of drug-likeness (QED) is 0.315. The molecule has 2 heterocycles. The highest BCUT2D eigenvalue weighted by Gasteiger charge is 2.10. The summed E-state index contributed by atoms with van der Waals surface area (Å²) in [6.07, 6.45) is 1.97. The molecule has 23 heavy (non-hydrogen) atoms. The molecule has 5 heteroatoms. The number of azide groups is 1. The molecule has 0 unspecified atom stereocenters. The summed E-state index contributed by atoms with van der Waals surface area (Å²) in [5.74, 6) is 0. The Morgan fingerprint density at radius 1 is 1.04 bits per heavy atom. The van der Waals surface area contributed by atoms with Gasteiger partial charge in [0, 0.05) is 33.0 Å². The summed E-state index contributed by atoms with van der Waals surface area (Å²) in [5, 5.41) is 5.87. The first-order valence-corrected chi connectivity index (χ1v) is 7.33. The maximum Gasteiger partial charge on any atom is 0.0733 e. The van der Waals surface area contributed by atoms with Crippen molar-refractivity contribution in [3.63, 3.8) is 0 Å². The number of para-hydroxylation sites is 2. The van der Waals surface area contributed by atoms with Crippen LogP contribution in [0.15, 0.2) is 65.9 Å². The number of hydrogen-bond acceptors (Lipinski definition) is 2. The van der Waals surface area contributed by atoms with E-state index in [-0.39, 0.29) is 0 Å². The van der Waals surface area contributed by atoms with E-state index in [0.29, 0.717) is 6.54 Å². The minimum atomic E-state index is 0.314. The zero-order valence-electron chi connectivity index (χ0n) is 12.3. The van der Waals surface area contributed by atoms with Gasteiger partial charge in [-0.2, -0.15) is 0 Å². The van der Waals surface area contributed by atoms with Gasteiger partial charge in [-0.25, -0.2) is 4.98 Å². The number of H-pyrrole nitrogens is 1. The summed E-state index contributed by atoms with van der Waals surface area (Å²) in [6.45, 7) is 0.314. The lowest BCUT2D eigenvalue weighted by molar-refractivity contribution is 1.06. The van der Waals surface area contributed by atoms with Gasteiger partial charge in [-0.3, -0.25) is 0 Å². The fraction of sp³-hybridized carbons (Fsp3) is 0.0556. The molecule has 0 aliphatic heterocycles. The minimum Gasteiger partial charge on any atom is -0.360 e. The average molecular weight is 299 g/mol. The monoisotopic (exact) mass is 299 g/mol. The van der Waals surface area contributed by atoms with Crippen LogP contribution in [0, 0.1) is 0 Å². The second-order valence-corrected chi connectivity index (χ2v) is 5.32. The maximum absolute atomic E-state index is 8.63. The largest absolute Gasteiger partial charge is 0.360 e. The van der Waals surface area contributed by atoms with E-state index in [2.05, 4.69) is 21.1 Å². The zero-order valence-corrected chi connectivity index (χ0v) is 12.3. The maximum atomic E-state index is 8.63. The van der Waals surface area contributed by atoms with Gasteiger partial charge in [-0.05, 0) is 29.3 Å². The van der Waals surface area contributed by atoms with Crippen molar-refractivity contribution in [1.29, 1.82) is 0 Å². The number of pyridine rings is 1. The molecule has 0 aliphatic rings. The molecule has 5 nitrogen and oxygen atoms in total. The van der Waals surface area contributed by atoms with E-state index in [1.807, 2.05) is 54.7 Å². The van der Waals surface area contributed by atoms with Gasteiger partial charge in [0.2, 0.25) is 0 Å². The van der Waals surface area contributed by atoms with Crippen molar-refractivity contribution < 1.29 is 0 Å². The molecule has 0 spiro atoms. The number of benzene rings is 2. The first-order valence-electron chi connectivity index (χ1n) is 7.33. The summed E-state index contributed by atoms with van der Waals surface area (Å²) >= 11 is 0. The smallest absolute Gasteiger partial charge is 0.0733 e. The van der Waals surface area contributed by atoms with E-state index in [9.17, 15) is 0 Å². The second kappa shape index (κ2) is 5.48. The molecule has 0 fully saturated rings. The van der Waals surface area contributed by atoms with Crippen LogP contribution >= 0.6 is 0 Å². The Hall–Kier alpha value is -3.30. The Labute approximate surface area is 132 Å². The van der Waals surface area contributed by atoms with E-state index in [0.717, 1.165) is 38.6 Å². The third-order valence-electron chi connectivity index (χ3n) is 3.97. The van der Waals surface area contributed by atoms with Crippen LogP contribution < -0.4 is 0 Å². The summed E-state index contributed by atoms with van der Waals surface area (Å²) in [6, 6.07) is 18.1. The Morgan fingerprint density at radius 3 is 2.70 bits per heavy atom. The minimum absolute atomic E-state index is 0.314. The van der Waals surface area contributed by atoms with Crippen LogP contribution in [0.2, 0.25) is 0 Å². The number of nitrogens with zero attached hydrogens (tertiary/aromatic N) is 4. The molecule has 0 saturated carbocycles. The lowest BCUT2D eigenvalue weighted by Crippen LogP contribution is -1.91. The summed E-state index contributed by atoms with van der Waals surface area (Å²) < 4.78 is 0. The van der Waals surface area contributed by atoms with E-state index >= 15 is 0 Å². The van der Waals surface area contributed by atoms with Crippen LogP contribution in [0.25, 0.3) is 43.5 Å². The summed E-state index contributed by atoms with van der Waals surface area (Å²) in [5.41, 5.74) is 13.5. The van der Waals surface area contributed by atoms with Crippen LogP contribution in [0.1, 0.15) is 5.56 Å². The van der Waals surface area contributed by atoms with Gasteiger partial charge in [-0.15, -0.1) is 0 Å². The Morgan fingerprint density at radius 2 is 1.83 bits per heavy atom. The van der Waals surface area contributed by atoms with E-state index in [1.54, 1.807) is 0 Å². The van der Waals surface area contributed by atoms with Crippen molar-refractivity contribution in [1.82, 2.24) is 9.97 Å². The van der Waals surface area contributed by atoms with Crippen LogP contribution in [-0.2, 0) is 6.54 Å². The molecule has 0 atom stereocenters. The summed E-state index contributed by atoms with van der Waals surface area (Å²) in [7, 11) is 0. The molecule has 4 aromatic rings. The molecule has 0 bridgehead atoms. The first-order chi connectivity index (χ1) is 11.4. The number of aromatic amines is 1. The van der Waals surface area contributed by atoms with Gasteiger partial charge in [0.1, 0.15) is 0 Å². The van der Waals surface area contributed by atoms with Crippen LogP contribution in [0.5, 0.6) is 0 Å². The SMILES string of the molecule is [N-]=[N+]=NCc1cc(-c2c[nH]c3ccccc23)nc2ccccc12. The highest BCUT2D eigenvalue weighted by Crippen LogP contribution is 2.30. The van der Waals surface area contributed by atoms with Crippen LogP contribution in [0.3, 0.4) is 0 Å². The predicted molar refractivity (Wildman–Crippen MR) is 91.9 cm³/mol. The topological polar surface area (TPSA) is 77.4 Å². The molecule has 2 aromatic carbocycles. The van der Waals surface area contributed by atoms with Gasteiger partial charge in [-0.1, -0.05) is 41.5 Å². The molecule has 110 valence electrons. The molecular weight excluding hydrogens is 286 g/mol. The van der Waals surface area contributed by atoms with Gasteiger partial charge < -0.3 is 4.98 Å². The highest BCUT2D eigenvalue weighted by molar-refractivity contribution is 5.96. The van der Waals surface area contributed by atoms with E-state index < -0.39 is 0 Å². The number of rotatable bonds is 3. The van der Waals surface area contributed by atoms with Crippen LogP contribution in [-0.4, -0.2) is 9.97 Å². The van der Waals surface area contributed by atoms with Gasteiger partial charge >= 0.3 is 0 Å². The fourth-order valence-electron chi connectivity index (χ4n) is 2.91. The lowest BCUT2D eigenvalue weighted by atomic mass is 10.0. The Balaban J connectivity index is 1.98. The normalized spacial score (nSPS) is 10.8. The molecule has 4 rings (SSSR count). The van der Waals surface area contributed by atoms with Crippen LogP contribution in [0.4, 0.5) is 0 Å². The molecule has 0 aliphatic carbocycles. The molecule has 0 radical (unpaired) electrons. The van der Waals surface area contributed by atoms with Gasteiger partial charge in [0.15, 0.2) is 0 Å². The molecular formula is C18H13N5. The molecule has 0 saturated heterocycles. The van der Waals surface area contributed by atoms with Crippen molar-refractivity contribution in [2.45, 2.75) is 6.54 Å². The Bertz CT molecular complexity index is 1060. The van der Waals surface area contributed by atoms with Crippen molar-refractivity contribution in [2.75, 3.05) is 0 Å². The van der Waals surface area contributed by atoms with Crippen molar-refractivity contribution in [2.24, 2.45) is 5.11 Å². The molecule has 2 aromatic heterocycles. The molecule has 0 amide bonds. The second-order valence-electron chi connectivity index (χ2n) is 5.32. The Kier molecular flexibility index (Phi) is 3.18.